The van der Waals surface area contributed by atoms with E-state index in [1.807, 2.05) is 0 Å². The van der Waals surface area contributed by atoms with Crippen molar-refractivity contribution >= 4 is 15.9 Å². The number of allylic oxidation sites excluding steroid dienone is 1. The number of methoxy groups -OCH3 is 2. The molecular weight excluding hydrogens is 326 g/mol. The predicted octanol–water partition coefficient (Wildman–Crippen LogP) is 3.18. The van der Waals surface area contributed by atoms with Crippen LogP contribution in [0, 0.1) is 11.3 Å². The molecule has 0 atom stereocenters. The summed E-state index contributed by atoms with van der Waals surface area (Å²) in [5.74, 6) is 0.886. The van der Waals surface area contributed by atoms with Gasteiger partial charge >= 0.3 is 0 Å². The second kappa shape index (κ2) is 7.66. The van der Waals surface area contributed by atoms with Gasteiger partial charge in [-0.25, -0.2) is 8.42 Å². The van der Waals surface area contributed by atoms with E-state index in [9.17, 15) is 13.7 Å². The number of hydrogen-bond donors (Lipinski definition) is 0. The van der Waals surface area contributed by atoms with Crippen LogP contribution in [-0.2, 0) is 15.6 Å². The number of nitrogens with zero attached hydrogens (tertiary/aromatic N) is 1. The number of benzene rings is 2. The molecule has 0 N–H and O–H groups in total. The summed E-state index contributed by atoms with van der Waals surface area (Å²) >= 11 is 0. The average molecular weight is 343 g/mol. The number of rotatable bonds is 6. The monoisotopic (exact) mass is 343 g/mol. The van der Waals surface area contributed by atoms with Crippen molar-refractivity contribution in [1.82, 2.24) is 0 Å². The summed E-state index contributed by atoms with van der Waals surface area (Å²) in [7, 11) is -0.737. The van der Waals surface area contributed by atoms with Crippen LogP contribution in [0.1, 0.15) is 11.1 Å². The van der Waals surface area contributed by atoms with E-state index in [0.29, 0.717) is 22.6 Å². The zero-order valence-electron chi connectivity index (χ0n) is 13.4. The summed E-state index contributed by atoms with van der Waals surface area (Å²) in [5.41, 5.74) is 1.12. The molecule has 2 aromatic rings. The third kappa shape index (κ3) is 4.15. The van der Waals surface area contributed by atoms with Crippen LogP contribution in [0.2, 0.25) is 0 Å². The first-order valence-electron chi connectivity index (χ1n) is 7.10. The lowest BCUT2D eigenvalue weighted by atomic mass is 10.2. The van der Waals surface area contributed by atoms with Crippen LogP contribution < -0.4 is 9.47 Å². The molecule has 0 aromatic heterocycles. The second-order valence-corrected chi connectivity index (χ2v) is 6.93. The maximum atomic E-state index is 12.5. The molecule has 5 nitrogen and oxygen atoms in total. The highest BCUT2D eigenvalue weighted by molar-refractivity contribution is 7.95. The van der Waals surface area contributed by atoms with E-state index in [4.69, 9.17) is 9.47 Å². The van der Waals surface area contributed by atoms with Crippen molar-refractivity contribution in [3.05, 3.63) is 64.6 Å². The molecule has 0 amide bonds. The fourth-order valence-electron chi connectivity index (χ4n) is 2.14. The van der Waals surface area contributed by atoms with Crippen molar-refractivity contribution < 1.29 is 17.9 Å². The summed E-state index contributed by atoms with van der Waals surface area (Å²) in [6.07, 6.45) is 1.33. The third-order valence-electron chi connectivity index (χ3n) is 3.39. The quantitative estimate of drug-likeness (QED) is 0.753. The van der Waals surface area contributed by atoms with Crippen molar-refractivity contribution in [2.24, 2.45) is 0 Å². The van der Waals surface area contributed by atoms with Gasteiger partial charge in [-0.15, -0.1) is 0 Å². The predicted molar refractivity (Wildman–Crippen MR) is 92.2 cm³/mol. The van der Waals surface area contributed by atoms with E-state index in [-0.39, 0.29) is 10.7 Å². The van der Waals surface area contributed by atoms with E-state index >= 15 is 0 Å². The Labute approximate surface area is 141 Å². The van der Waals surface area contributed by atoms with Gasteiger partial charge in [0.25, 0.3) is 0 Å². The molecule has 0 aliphatic carbocycles. The van der Waals surface area contributed by atoms with E-state index in [1.165, 1.54) is 20.3 Å². The molecule has 0 saturated carbocycles. The summed E-state index contributed by atoms with van der Waals surface area (Å²) < 4.78 is 35.3. The number of sulfone groups is 1. The Morgan fingerprint density at radius 2 is 1.75 bits per heavy atom. The third-order valence-corrected chi connectivity index (χ3v) is 4.98. The highest BCUT2D eigenvalue weighted by Crippen LogP contribution is 2.24. The van der Waals surface area contributed by atoms with Crippen molar-refractivity contribution in [1.29, 1.82) is 5.26 Å². The lowest BCUT2D eigenvalue weighted by molar-refractivity contribution is 0.414. The fraction of sp³-hybridized carbons (Fsp3) is 0.167. The highest BCUT2D eigenvalue weighted by Gasteiger charge is 2.19. The van der Waals surface area contributed by atoms with E-state index < -0.39 is 9.84 Å². The molecule has 124 valence electrons. The van der Waals surface area contributed by atoms with Gasteiger partial charge in [-0.2, -0.15) is 5.26 Å². The number of nitriles is 1. The maximum absolute atomic E-state index is 12.5. The summed E-state index contributed by atoms with van der Waals surface area (Å²) in [6, 6.07) is 15.4. The summed E-state index contributed by atoms with van der Waals surface area (Å²) in [4.78, 5) is -0.303. The Morgan fingerprint density at radius 3 is 2.33 bits per heavy atom. The van der Waals surface area contributed by atoms with Crippen molar-refractivity contribution in [3.8, 4) is 17.6 Å². The number of ether oxygens (including phenoxy) is 2. The van der Waals surface area contributed by atoms with Crippen LogP contribution in [0.15, 0.2) is 53.4 Å². The van der Waals surface area contributed by atoms with Crippen LogP contribution in [-0.4, -0.2) is 22.6 Å². The van der Waals surface area contributed by atoms with Gasteiger partial charge in [0.2, 0.25) is 0 Å². The SMILES string of the molecule is COc1ccc(CS(=O)(=O)C(C#N)=Cc2ccccc2OC)cc1. The topological polar surface area (TPSA) is 76.4 Å². The highest BCUT2D eigenvalue weighted by atomic mass is 32.2. The Bertz CT molecular complexity index is 878. The molecule has 0 aliphatic rings. The first-order valence-corrected chi connectivity index (χ1v) is 8.76. The minimum atomic E-state index is -3.76. The van der Waals surface area contributed by atoms with Crippen molar-refractivity contribution in [3.63, 3.8) is 0 Å². The molecule has 2 rings (SSSR count). The zero-order chi connectivity index (χ0) is 17.6. The summed E-state index contributed by atoms with van der Waals surface area (Å²) in [5, 5.41) is 9.29. The van der Waals surface area contributed by atoms with Gasteiger partial charge in [0, 0.05) is 5.56 Å². The first-order chi connectivity index (χ1) is 11.5. The maximum Gasteiger partial charge on any atom is 0.192 e. The molecule has 0 heterocycles. The smallest absolute Gasteiger partial charge is 0.192 e. The minimum Gasteiger partial charge on any atom is -0.497 e. The van der Waals surface area contributed by atoms with Gasteiger partial charge in [0.15, 0.2) is 9.84 Å². The molecule has 0 spiro atoms. The molecule has 0 fully saturated rings. The van der Waals surface area contributed by atoms with Crippen molar-refractivity contribution in [2.45, 2.75) is 5.75 Å². The lowest BCUT2D eigenvalue weighted by Gasteiger charge is -2.07. The van der Waals surface area contributed by atoms with Gasteiger partial charge in [-0.05, 0) is 29.8 Å². The lowest BCUT2D eigenvalue weighted by Crippen LogP contribution is -2.06. The van der Waals surface area contributed by atoms with E-state index in [2.05, 4.69) is 0 Å². The summed E-state index contributed by atoms with van der Waals surface area (Å²) in [6.45, 7) is 0. The second-order valence-electron chi connectivity index (χ2n) is 4.97. The van der Waals surface area contributed by atoms with Crippen LogP contribution >= 0.6 is 0 Å². The van der Waals surface area contributed by atoms with Crippen LogP contribution in [0.3, 0.4) is 0 Å². The number of para-hydroxylation sites is 1. The fourth-order valence-corrected chi connectivity index (χ4v) is 3.37. The van der Waals surface area contributed by atoms with Gasteiger partial charge in [0.05, 0.1) is 20.0 Å². The molecule has 6 heteroatoms. The molecular formula is C18H17NO4S. The standard InChI is InChI=1S/C18H17NO4S/c1-22-16-9-7-14(8-10-16)13-24(20,21)17(12-19)11-15-5-3-4-6-18(15)23-2/h3-11H,13H2,1-2H3. The zero-order valence-corrected chi connectivity index (χ0v) is 14.2. The Balaban J connectivity index is 2.34. The van der Waals surface area contributed by atoms with Gasteiger partial charge in [-0.1, -0.05) is 30.3 Å². The molecule has 0 bridgehead atoms. The molecule has 0 radical (unpaired) electrons. The molecule has 2 aromatic carbocycles. The van der Waals surface area contributed by atoms with Crippen molar-refractivity contribution in [2.75, 3.05) is 14.2 Å². The molecule has 24 heavy (non-hydrogen) atoms. The Kier molecular flexibility index (Phi) is 5.61. The Hall–Kier alpha value is -2.78. The van der Waals surface area contributed by atoms with Gasteiger partial charge in [-0.3, -0.25) is 0 Å². The van der Waals surface area contributed by atoms with Crippen LogP contribution in [0.5, 0.6) is 11.5 Å². The first kappa shape index (κ1) is 17.6. The average Bonchev–Trinajstić information content (AvgIpc) is 2.60. The number of hydrogen-bond acceptors (Lipinski definition) is 5. The Morgan fingerprint density at radius 1 is 1.08 bits per heavy atom. The normalized spacial score (nSPS) is 11.6. The molecule has 0 aliphatic heterocycles. The molecule has 0 saturated heterocycles. The van der Waals surface area contributed by atoms with E-state index in [0.717, 1.165) is 0 Å². The van der Waals surface area contributed by atoms with E-state index in [1.54, 1.807) is 54.6 Å². The largest absolute Gasteiger partial charge is 0.497 e. The minimum absolute atomic E-state index is 0.258. The molecule has 0 unspecified atom stereocenters. The van der Waals surface area contributed by atoms with Gasteiger partial charge < -0.3 is 9.47 Å². The van der Waals surface area contributed by atoms with Crippen LogP contribution in [0.4, 0.5) is 0 Å². The van der Waals surface area contributed by atoms with Crippen LogP contribution in [0.25, 0.3) is 6.08 Å². The van der Waals surface area contributed by atoms with Gasteiger partial charge in [0.1, 0.15) is 22.5 Å².